The topological polar surface area (TPSA) is 41.5 Å². The summed E-state index contributed by atoms with van der Waals surface area (Å²) in [7, 11) is 1.69. The van der Waals surface area contributed by atoms with Gasteiger partial charge >= 0.3 is 0 Å². The molecule has 17 heavy (non-hydrogen) atoms. The number of benzene rings is 1. The summed E-state index contributed by atoms with van der Waals surface area (Å²) in [5, 5.41) is 12.5. The molecule has 2 N–H and O–H groups in total. The Balaban J connectivity index is 2.38. The third-order valence-corrected chi connectivity index (χ3v) is 2.75. The first kappa shape index (κ1) is 14.2. The Morgan fingerprint density at radius 2 is 2.00 bits per heavy atom. The van der Waals surface area contributed by atoms with E-state index >= 15 is 0 Å². The van der Waals surface area contributed by atoms with Gasteiger partial charge in [0.25, 0.3) is 0 Å². The second-order valence-electron chi connectivity index (χ2n) is 4.42. The number of nitrogens with one attached hydrogen (secondary N) is 1. The van der Waals surface area contributed by atoms with Gasteiger partial charge in [0.1, 0.15) is 0 Å². The van der Waals surface area contributed by atoms with Gasteiger partial charge in [0.15, 0.2) is 0 Å². The zero-order valence-electron chi connectivity index (χ0n) is 10.7. The highest BCUT2D eigenvalue weighted by atomic mass is 16.5. The molecular formula is C14H23NO2. The first-order valence-corrected chi connectivity index (χ1v) is 6.16. The van der Waals surface area contributed by atoms with E-state index in [1.54, 1.807) is 7.11 Å². The van der Waals surface area contributed by atoms with Crippen molar-refractivity contribution in [1.29, 1.82) is 0 Å². The quantitative estimate of drug-likeness (QED) is 0.721. The molecule has 0 aliphatic carbocycles. The van der Waals surface area contributed by atoms with Gasteiger partial charge in [0.05, 0.1) is 6.61 Å². The molecule has 0 saturated heterocycles. The molecule has 1 aromatic carbocycles. The third-order valence-electron chi connectivity index (χ3n) is 2.75. The lowest BCUT2D eigenvalue weighted by Crippen LogP contribution is -2.41. The van der Waals surface area contributed by atoms with Crippen molar-refractivity contribution in [1.82, 2.24) is 5.32 Å². The Labute approximate surface area is 104 Å². The van der Waals surface area contributed by atoms with Crippen LogP contribution in [0.4, 0.5) is 0 Å². The van der Waals surface area contributed by atoms with Crippen molar-refractivity contribution in [2.45, 2.75) is 31.8 Å². The second-order valence-corrected chi connectivity index (χ2v) is 4.42. The van der Waals surface area contributed by atoms with E-state index in [2.05, 4.69) is 36.5 Å². The number of methoxy groups -OCH3 is 1. The van der Waals surface area contributed by atoms with Gasteiger partial charge in [0, 0.05) is 25.8 Å². The molecule has 0 aliphatic heterocycles. The van der Waals surface area contributed by atoms with Crippen LogP contribution in [0.5, 0.6) is 0 Å². The molecule has 0 heterocycles. The van der Waals surface area contributed by atoms with E-state index in [1.807, 2.05) is 6.07 Å². The van der Waals surface area contributed by atoms with E-state index in [0.717, 1.165) is 12.8 Å². The van der Waals surface area contributed by atoms with E-state index in [9.17, 15) is 0 Å². The molecule has 0 aromatic heterocycles. The number of ether oxygens (including phenoxy) is 1. The largest absolute Gasteiger partial charge is 0.396 e. The van der Waals surface area contributed by atoms with Crippen LogP contribution in [0.15, 0.2) is 30.3 Å². The Bertz CT molecular complexity index is 284. The summed E-state index contributed by atoms with van der Waals surface area (Å²) in [5.74, 6) is 0. The van der Waals surface area contributed by atoms with Crippen molar-refractivity contribution in [3.8, 4) is 0 Å². The monoisotopic (exact) mass is 237 g/mol. The minimum atomic E-state index is 0.194. The van der Waals surface area contributed by atoms with Gasteiger partial charge in [0.2, 0.25) is 0 Å². The highest BCUT2D eigenvalue weighted by molar-refractivity contribution is 5.15. The molecular weight excluding hydrogens is 214 g/mol. The number of hydrogen-bond acceptors (Lipinski definition) is 3. The minimum absolute atomic E-state index is 0.194. The number of hydrogen-bond donors (Lipinski definition) is 2. The van der Waals surface area contributed by atoms with Gasteiger partial charge in [-0.1, -0.05) is 30.3 Å². The van der Waals surface area contributed by atoms with Crippen molar-refractivity contribution in [3.05, 3.63) is 35.9 Å². The van der Waals surface area contributed by atoms with Crippen LogP contribution in [0.3, 0.4) is 0 Å². The van der Waals surface area contributed by atoms with Crippen LogP contribution < -0.4 is 5.32 Å². The lowest BCUT2D eigenvalue weighted by atomic mass is 10.1. The molecule has 0 amide bonds. The highest BCUT2D eigenvalue weighted by Gasteiger charge is 2.11. The van der Waals surface area contributed by atoms with Crippen LogP contribution >= 0.6 is 0 Å². The standard InChI is InChI=1S/C14H23NO2/c1-12(10-13-6-4-3-5-7-13)15-14(8-9-16)11-17-2/h3-7,12,14-16H,8-11H2,1-2H3. The van der Waals surface area contributed by atoms with Crippen LogP contribution in [-0.4, -0.2) is 37.5 Å². The summed E-state index contributed by atoms with van der Waals surface area (Å²) >= 11 is 0. The molecule has 0 spiro atoms. The fourth-order valence-corrected chi connectivity index (χ4v) is 2.00. The van der Waals surface area contributed by atoms with Gasteiger partial charge in [-0.3, -0.25) is 0 Å². The maximum absolute atomic E-state index is 8.97. The van der Waals surface area contributed by atoms with Crippen LogP contribution in [-0.2, 0) is 11.2 Å². The van der Waals surface area contributed by atoms with Gasteiger partial charge < -0.3 is 15.2 Å². The molecule has 1 rings (SSSR count). The molecule has 0 aliphatic rings. The Morgan fingerprint density at radius 1 is 1.29 bits per heavy atom. The molecule has 96 valence electrons. The molecule has 0 saturated carbocycles. The maximum Gasteiger partial charge on any atom is 0.0616 e. The molecule has 3 heteroatoms. The van der Waals surface area contributed by atoms with E-state index in [1.165, 1.54) is 5.56 Å². The van der Waals surface area contributed by atoms with Crippen molar-refractivity contribution < 1.29 is 9.84 Å². The molecule has 2 unspecified atom stereocenters. The van der Waals surface area contributed by atoms with E-state index in [4.69, 9.17) is 9.84 Å². The summed E-state index contributed by atoms with van der Waals surface area (Å²) in [5.41, 5.74) is 1.33. The zero-order valence-corrected chi connectivity index (χ0v) is 10.7. The number of aliphatic hydroxyl groups excluding tert-OH is 1. The lowest BCUT2D eigenvalue weighted by Gasteiger charge is -2.22. The van der Waals surface area contributed by atoms with E-state index < -0.39 is 0 Å². The summed E-state index contributed by atoms with van der Waals surface area (Å²) in [6.45, 7) is 2.99. The van der Waals surface area contributed by atoms with Crippen molar-refractivity contribution in [2.24, 2.45) is 0 Å². The molecule has 0 fully saturated rings. The predicted molar refractivity (Wildman–Crippen MR) is 70.1 cm³/mol. The minimum Gasteiger partial charge on any atom is -0.396 e. The Morgan fingerprint density at radius 3 is 2.59 bits per heavy atom. The SMILES string of the molecule is COCC(CCO)NC(C)Cc1ccccc1. The van der Waals surface area contributed by atoms with Gasteiger partial charge in [-0.05, 0) is 25.3 Å². The summed E-state index contributed by atoms with van der Waals surface area (Å²) in [4.78, 5) is 0. The number of aliphatic hydroxyl groups is 1. The molecule has 0 bridgehead atoms. The van der Waals surface area contributed by atoms with Crippen LogP contribution in [0.2, 0.25) is 0 Å². The molecule has 2 atom stereocenters. The average molecular weight is 237 g/mol. The Hall–Kier alpha value is -0.900. The maximum atomic E-state index is 8.97. The average Bonchev–Trinajstić information content (AvgIpc) is 2.30. The van der Waals surface area contributed by atoms with Gasteiger partial charge in [-0.2, -0.15) is 0 Å². The normalized spacial score (nSPS) is 14.5. The highest BCUT2D eigenvalue weighted by Crippen LogP contribution is 2.04. The first-order valence-electron chi connectivity index (χ1n) is 6.16. The van der Waals surface area contributed by atoms with Crippen molar-refractivity contribution in [2.75, 3.05) is 20.3 Å². The zero-order chi connectivity index (χ0) is 12.5. The van der Waals surface area contributed by atoms with Crippen molar-refractivity contribution in [3.63, 3.8) is 0 Å². The van der Waals surface area contributed by atoms with E-state index in [-0.39, 0.29) is 12.6 Å². The molecule has 3 nitrogen and oxygen atoms in total. The van der Waals surface area contributed by atoms with Crippen LogP contribution in [0.1, 0.15) is 18.9 Å². The Kier molecular flexibility index (Phi) is 6.86. The summed E-state index contributed by atoms with van der Waals surface area (Å²) in [6.07, 6.45) is 1.72. The lowest BCUT2D eigenvalue weighted by molar-refractivity contribution is 0.143. The predicted octanol–water partition coefficient (Wildman–Crippen LogP) is 1.60. The van der Waals surface area contributed by atoms with E-state index in [0.29, 0.717) is 12.6 Å². The summed E-state index contributed by atoms with van der Waals surface area (Å²) < 4.78 is 5.13. The molecule has 0 radical (unpaired) electrons. The van der Waals surface area contributed by atoms with Crippen LogP contribution in [0.25, 0.3) is 0 Å². The summed E-state index contributed by atoms with van der Waals surface area (Å²) in [6, 6.07) is 11.0. The van der Waals surface area contributed by atoms with Crippen LogP contribution in [0, 0.1) is 0 Å². The van der Waals surface area contributed by atoms with Crippen molar-refractivity contribution >= 4 is 0 Å². The second kappa shape index (κ2) is 8.23. The fraction of sp³-hybridized carbons (Fsp3) is 0.571. The smallest absolute Gasteiger partial charge is 0.0616 e. The van der Waals surface area contributed by atoms with Gasteiger partial charge in [-0.15, -0.1) is 0 Å². The molecule has 1 aromatic rings. The number of rotatable bonds is 8. The first-order chi connectivity index (χ1) is 8.26. The third kappa shape index (κ3) is 5.82. The fourth-order valence-electron chi connectivity index (χ4n) is 2.00. The van der Waals surface area contributed by atoms with Gasteiger partial charge in [-0.25, -0.2) is 0 Å².